The van der Waals surface area contributed by atoms with Crippen LogP contribution in [-0.2, 0) is 14.8 Å². The minimum absolute atomic E-state index is 0.122. The fourth-order valence-electron chi connectivity index (χ4n) is 1.33. The van der Waals surface area contributed by atoms with Gasteiger partial charge in [-0.15, -0.1) is 0 Å². The highest BCUT2D eigenvalue weighted by Gasteiger charge is 2.18. The predicted molar refractivity (Wildman–Crippen MR) is 54.4 cm³/mol. The molecule has 3 N–H and O–H groups in total. The highest BCUT2D eigenvalue weighted by molar-refractivity contribution is 7.89. The number of rotatable bonds is 6. The first-order valence-corrected chi connectivity index (χ1v) is 6.54. The van der Waals surface area contributed by atoms with E-state index in [2.05, 4.69) is 4.72 Å². The van der Waals surface area contributed by atoms with E-state index in [9.17, 15) is 8.42 Å². The molecule has 0 bridgehead atoms. The monoisotopic (exact) mass is 222 g/mol. The minimum atomic E-state index is -3.12. The van der Waals surface area contributed by atoms with E-state index in [1.807, 2.05) is 0 Å². The number of ether oxygens (including phenoxy) is 1. The predicted octanol–water partition coefficient (Wildman–Crippen LogP) is -0.709. The molecule has 1 unspecified atom stereocenters. The van der Waals surface area contributed by atoms with Gasteiger partial charge in [-0.2, -0.15) is 0 Å². The van der Waals surface area contributed by atoms with Gasteiger partial charge in [-0.25, -0.2) is 13.1 Å². The molecule has 0 saturated carbocycles. The lowest BCUT2D eigenvalue weighted by Crippen LogP contribution is -2.32. The first kappa shape index (κ1) is 11.9. The van der Waals surface area contributed by atoms with Crippen molar-refractivity contribution in [2.45, 2.75) is 12.8 Å². The lowest BCUT2D eigenvalue weighted by atomic mass is 10.1. The molecule has 0 radical (unpaired) electrons. The minimum Gasteiger partial charge on any atom is -0.381 e. The highest BCUT2D eigenvalue weighted by Crippen LogP contribution is 2.10. The molecule has 1 aliphatic rings. The van der Waals surface area contributed by atoms with Crippen LogP contribution < -0.4 is 10.5 Å². The van der Waals surface area contributed by atoms with Gasteiger partial charge in [-0.05, 0) is 25.3 Å². The lowest BCUT2D eigenvalue weighted by Gasteiger charge is -2.09. The van der Waals surface area contributed by atoms with Gasteiger partial charge in [-0.3, -0.25) is 0 Å². The van der Waals surface area contributed by atoms with Gasteiger partial charge in [0.1, 0.15) is 0 Å². The molecule has 0 spiro atoms. The van der Waals surface area contributed by atoms with E-state index >= 15 is 0 Å². The van der Waals surface area contributed by atoms with Gasteiger partial charge >= 0.3 is 0 Å². The fraction of sp³-hybridized carbons (Fsp3) is 1.00. The SMILES string of the molecule is NCCCS(=O)(=O)NCC1CCOC1. The average Bonchev–Trinajstić information content (AvgIpc) is 2.64. The zero-order valence-electron chi connectivity index (χ0n) is 8.24. The van der Waals surface area contributed by atoms with Gasteiger partial charge in [0.2, 0.25) is 10.0 Å². The van der Waals surface area contributed by atoms with Gasteiger partial charge in [0, 0.05) is 13.2 Å². The van der Waals surface area contributed by atoms with Gasteiger partial charge in [0.25, 0.3) is 0 Å². The van der Waals surface area contributed by atoms with Crippen molar-refractivity contribution in [2.75, 3.05) is 32.1 Å². The Hall–Kier alpha value is -0.170. The second kappa shape index (κ2) is 5.65. The number of sulfonamides is 1. The van der Waals surface area contributed by atoms with Gasteiger partial charge < -0.3 is 10.5 Å². The van der Waals surface area contributed by atoms with Gasteiger partial charge in [-0.1, -0.05) is 0 Å². The second-order valence-electron chi connectivity index (χ2n) is 3.54. The summed E-state index contributed by atoms with van der Waals surface area (Å²) in [6.07, 6.45) is 1.45. The maximum atomic E-state index is 11.3. The van der Waals surface area contributed by atoms with Crippen LogP contribution in [0.2, 0.25) is 0 Å². The third kappa shape index (κ3) is 4.36. The van der Waals surface area contributed by atoms with Crippen molar-refractivity contribution in [1.82, 2.24) is 4.72 Å². The Bertz CT molecular complexity index is 247. The summed E-state index contributed by atoms with van der Waals surface area (Å²) < 4.78 is 30.4. The quantitative estimate of drug-likeness (QED) is 0.622. The molecule has 0 aromatic heterocycles. The summed E-state index contributed by atoms with van der Waals surface area (Å²) in [7, 11) is -3.12. The highest BCUT2D eigenvalue weighted by atomic mass is 32.2. The van der Waals surface area contributed by atoms with Crippen LogP contribution in [0.15, 0.2) is 0 Å². The lowest BCUT2D eigenvalue weighted by molar-refractivity contribution is 0.186. The maximum Gasteiger partial charge on any atom is 0.211 e. The van der Waals surface area contributed by atoms with E-state index in [-0.39, 0.29) is 5.75 Å². The van der Waals surface area contributed by atoms with Crippen molar-refractivity contribution < 1.29 is 13.2 Å². The zero-order valence-corrected chi connectivity index (χ0v) is 9.05. The molecule has 0 aliphatic carbocycles. The molecule has 0 aromatic carbocycles. The summed E-state index contributed by atoms with van der Waals surface area (Å²) in [6.45, 7) is 2.31. The topological polar surface area (TPSA) is 81.4 Å². The molecule has 14 heavy (non-hydrogen) atoms. The van der Waals surface area contributed by atoms with E-state index in [1.165, 1.54) is 0 Å². The summed E-state index contributed by atoms with van der Waals surface area (Å²) in [5, 5.41) is 0. The van der Waals surface area contributed by atoms with Crippen LogP contribution in [0.25, 0.3) is 0 Å². The van der Waals surface area contributed by atoms with E-state index in [4.69, 9.17) is 10.5 Å². The fourth-order valence-corrected chi connectivity index (χ4v) is 2.52. The second-order valence-corrected chi connectivity index (χ2v) is 5.47. The maximum absolute atomic E-state index is 11.3. The number of hydrogen-bond acceptors (Lipinski definition) is 4. The van der Waals surface area contributed by atoms with Crippen molar-refractivity contribution in [2.24, 2.45) is 11.7 Å². The Balaban J connectivity index is 2.21. The van der Waals surface area contributed by atoms with Crippen LogP contribution in [0.5, 0.6) is 0 Å². The van der Waals surface area contributed by atoms with Crippen LogP contribution in [0.3, 0.4) is 0 Å². The summed E-state index contributed by atoms with van der Waals surface area (Å²) in [5.41, 5.74) is 5.24. The Morgan fingerprint density at radius 1 is 1.50 bits per heavy atom. The number of hydrogen-bond donors (Lipinski definition) is 2. The third-order valence-electron chi connectivity index (χ3n) is 2.23. The van der Waals surface area contributed by atoms with Crippen LogP contribution in [0, 0.1) is 5.92 Å². The van der Waals surface area contributed by atoms with Gasteiger partial charge in [0.05, 0.1) is 12.4 Å². The van der Waals surface area contributed by atoms with Crippen LogP contribution in [0.4, 0.5) is 0 Å². The Kier molecular flexibility index (Phi) is 4.80. The Morgan fingerprint density at radius 3 is 2.86 bits per heavy atom. The molecule has 1 aliphatic heterocycles. The number of nitrogens with one attached hydrogen (secondary N) is 1. The molecule has 1 saturated heterocycles. The van der Waals surface area contributed by atoms with E-state index in [1.54, 1.807) is 0 Å². The molecular formula is C8H18N2O3S. The largest absolute Gasteiger partial charge is 0.381 e. The van der Waals surface area contributed by atoms with Crippen molar-refractivity contribution in [1.29, 1.82) is 0 Å². The smallest absolute Gasteiger partial charge is 0.211 e. The van der Waals surface area contributed by atoms with E-state index in [0.29, 0.717) is 32.0 Å². The molecule has 1 atom stereocenters. The van der Waals surface area contributed by atoms with Crippen LogP contribution in [0.1, 0.15) is 12.8 Å². The van der Waals surface area contributed by atoms with Crippen molar-refractivity contribution in [3.05, 3.63) is 0 Å². The summed E-state index contributed by atoms with van der Waals surface area (Å²) in [5.74, 6) is 0.458. The van der Waals surface area contributed by atoms with Gasteiger partial charge in [0.15, 0.2) is 0 Å². The molecule has 84 valence electrons. The molecule has 5 nitrogen and oxygen atoms in total. The molecule has 1 rings (SSSR count). The van der Waals surface area contributed by atoms with Crippen molar-refractivity contribution in [3.8, 4) is 0 Å². The van der Waals surface area contributed by atoms with Crippen LogP contribution in [-0.4, -0.2) is 40.5 Å². The normalized spacial score (nSPS) is 22.8. The van der Waals surface area contributed by atoms with E-state index < -0.39 is 10.0 Å². The molecule has 1 heterocycles. The summed E-state index contributed by atoms with van der Waals surface area (Å²) in [4.78, 5) is 0. The molecule has 6 heteroatoms. The summed E-state index contributed by atoms with van der Waals surface area (Å²) in [6, 6.07) is 0. The molecule has 1 fully saturated rings. The Morgan fingerprint density at radius 2 is 2.29 bits per heavy atom. The average molecular weight is 222 g/mol. The Labute approximate surface area is 85.1 Å². The third-order valence-corrected chi connectivity index (χ3v) is 3.67. The first-order chi connectivity index (χ1) is 6.64. The zero-order chi connectivity index (χ0) is 10.4. The summed E-state index contributed by atoms with van der Waals surface area (Å²) >= 11 is 0. The number of nitrogens with two attached hydrogens (primary N) is 1. The first-order valence-electron chi connectivity index (χ1n) is 4.89. The molecule has 0 aromatic rings. The molecule has 0 amide bonds. The van der Waals surface area contributed by atoms with Crippen molar-refractivity contribution >= 4 is 10.0 Å². The molecular weight excluding hydrogens is 204 g/mol. The van der Waals surface area contributed by atoms with Crippen LogP contribution >= 0.6 is 0 Å². The standard InChI is InChI=1S/C8H18N2O3S/c9-3-1-5-14(11,12)10-6-8-2-4-13-7-8/h8,10H,1-7,9H2. The van der Waals surface area contributed by atoms with Crippen molar-refractivity contribution in [3.63, 3.8) is 0 Å². The van der Waals surface area contributed by atoms with E-state index in [0.717, 1.165) is 13.0 Å².